The summed E-state index contributed by atoms with van der Waals surface area (Å²) in [5.74, 6) is -0.305. The first-order chi connectivity index (χ1) is 12.2. The number of thiophene rings is 1. The molecule has 1 saturated carbocycles. The van der Waals surface area contributed by atoms with Crippen LogP contribution in [0.3, 0.4) is 0 Å². The van der Waals surface area contributed by atoms with Crippen molar-refractivity contribution in [2.24, 2.45) is 0 Å². The van der Waals surface area contributed by atoms with E-state index >= 15 is 0 Å². The van der Waals surface area contributed by atoms with E-state index in [-0.39, 0.29) is 24.4 Å². The highest BCUT2D eigenvalue weighted by molar-refractivity contribution is 7.09. The Morgan fingerprint density at radius 1 is 1.16 bits per heavy atom. The smallest absolute Gasteiger partial charge is 0.273 e. The summed E-state index contributed by atoms with van der Waals surface area (Å²) in [7, 11) is 0. The van der Waals surface area contributed by atoms with Crippen molar-refractivity contribution in [3.63, 3.8) is 0 Å². The van der Waals surface area contributed by atoms with Crippen LogP contribution in [0.5, 0.6) is 0 Å². The Morgan fingerprint density at radius 3 is 2.68 bits per heavy atom. The number of pyridine rings is 1. The molecule has 2 amide bonds. The molecule has 2 aromatic rings. The molecule has 1 N–H and O–H groups in total. The first kappa shape index (κ1) is 17.6. The van der Waals surface area contributed by atoms with Gasteiger partial charge in [0.2, 0.25) is 5.91 Å². The third kappa shape index (κ3) is 5.13. The molecule has 6 heteroatoms. The molecule has 0 bridgehead atoms. The third-order valence-corrected chi connectivity index (χ3v) is 5.26. The minimum absolute atomic E-state index is 0.0593. The number of hydrogen-bond donors (Lipinski definition) is 1. The van der Waals surface area contributed by atoms with Crippen LogP contribution in [-0.4, -0.2) is 34.3 Å². The zero-order chi connectivity index (χ0) is 17.5. The van der Waals surface area contributed by atoms with Gasteiger partial charge in [-0.05, 0) is 36.4 Å². The average molecular weight is 357 g/mol. The molecule has 0 aromatic carbocycles. The first-order valence-electron chi connectivity index (χ1n) is 8.74. The van der Waals surface area contributed by atoms with E-state index in [1.807, 2.05) is 17.5 Å². The second kappa shape index (κ2) is 8.76. The minimum atomic E-state index is -0.215. The quantitative estimate of drug-likeness (QED) is 0.863. The van der Waals surface area contributed by atoms with Gasteiger partial charge < -0.3 is 10.2 Å². The maximum atomic E-state index is 12.8. The van der Waals surface area contributed by atoms with Crippen LogP contribution in [0.15, 0.2) is 41.9 Å². The van der Waals surface area contributed by atoms with Gasteiger partial charge in [-0.1, -0.05) is 31.4 Å². The molecule has 0 aliphatic heterocycles. The zero-order valence-electron chi connectivity index (χ0n) is 14.2. The van der Waals surface area contributed by atoms with Crippen molar-refractivity contribution in [1.82, 2.24) is 15.2 Å². The third-order valence-electron chi connectivity index (χ3n) is 4.40. The number of rotatable bonds is 6. The summed E-state index contributed by atoms with van der Waals surface area (Å²) < 4.78 is 0. The summed E-state index contributed by atoms with van der Waals surface area (Å²) in [4.78, 5) is 32.0. The molecule has 1 aliphatic carbocycles. The van der Waals surface area contributed by atoms with E-state index in [1.54, 1.807) is 40.6 Å². The molecule has 0 atom stereocenters. The van der Waals surface area contributed by atoms with Crippen LogP contribution >= 0.6 is 11.3 Å². The normalized spacial score (nSPS) is 14.9. The van der Waals surface area contributed by atoms with Crippen molar-refractivity contribution in [2.45, 2.75) is 44.7 Å². The number of nitrogens with zero attached hydrogens (tertiary/aromatic N) is 2. The van der Waals surface area contributed by atoms with E-state index in [4.69, 9.17) is 0 Å². The topological polar surface area (TPSA) is 62.3 Å². The van der Waals surface area contributed by atoms with Crippen molar-refractivity contribution in [3.05, 3.63) is 52.5 Å². The van der Waals surface area contributed by atoms with Gasteiger partial charge in [0.05, 0.1) is 6.54 Å². The molecule has 2 heterocycles. The van der Waals surface area contributed by atoms with Gasteiger partial charge in [-0.15, -0.1) is 11.3 Å². The van der Waals surface area contributed by atoms with Gasteiger partial charge in [0.25, 0.3) is 5.91 Å². The van der Waals surface area contributed by atoms with Gasteiger partial charge in [-0.3, -0.25) is 14.6 Å². The maximum absolute atomic E-state index is 12.8. The molecule has 0 radical (unpaired) electrons. The molecular weight excluding hydrogens is 334 g/mol. The molecule has 2 aromatic heterocycles. The molecule has 0 spiro atoms. The number of amides is 2. The van der Waals surface area contributed by atoms with Crippen LogP contribution < -0.4 is 5.32 Å². The van der Waals surface area contributed by atoms with E-state index in [0.29, 0.717) is 12.2 Å². The van der Waals surface area contributed by atoms with E-state index in [9.17, 15) is 9.59 Å². The second-order valence-electron chi connectivity index (χ2n) is 6.36. The first-order valence-corrected chi connectivity index (χ1v) is 9.62. The fourth-order valence-electron chi connectivity index (χ4n) is 3.14. The molecule has 3 rings (SSSR count). The molecular formula is C19H23N3O2S. The molecule has 0 unspecified atom stereocenters. The lowest BCUT2D eigenvalue weighted by molar-refractivity contribution is -0.122. The molecule has 25 heavy (non-hydrogen) atoms. The number of nitrogens with one attached hydrogen (secondary N) is 1. The number of carbonyl (C=O) groups excluding carboxylic acids is 2. The van der Waals surface area contributed by atoms with Gasteiger partial charge in [-0.2, -0.15) is 0 Å². The highest BCUT2D eigenvalue weighted by atomic mass is 32.1. The fraction of sp³-hybridized carbons (Fsp3) is 0.421. The lowest BCUT2D eigenvalue weighted by atomic mass is 9.95. The summed E-state index contributed by atoms with van der Waals surface area (Å²) in [6.45, 7) is 0.481. The summed E-state index contributed by atoms with van der Waals surface area (Å²) in [6.07, 6.45) is 7.23. The maximum Gasteiger partial charge on any atom is 0.273 e. The Morgan fingerprint density at radius 2 is 2.00 bits per heavy atom. The van der Waals surface area contributed by atoms with Crippen LogP contribution in [0, 0.1) is 0 Å². The summed E-state index contributed by atoms with van der Waals surface area (Å²) in [5, 5.41) is 5.06. The Balaban J connectivity index is 1.67. The van der Waals surface area contributed by atoms with Crippen LogP contribution in [0.2, 0.25) is 0 Å². The standard InChI is InChI=1S/C19H23N3O2S/c23-18(21-15-7-2-1-3-8-15)14-22(13-16-9-6-12-25-16)19(24)17-10-4-5-11-20-17/h4-6,9-12,15H,1-3,7-8,13-14H2,(H,21,23). The molecule has 0 saturated heterocycles. The van der Waals surface area contributed by atoms with Gasteiger partial charge >= 0.3 is 0 Å². The van der Waals surface area contributed by atoms with Gasteiger partial charge in [0, 0.05) is 17.1 Å². The Labute approximate surface area is 152 Å². The summed E-state index contributed by atoms with van der Waals surface area (Å²) >= 11 is 1.58. The van der Waals surface area contributed by atoms with Crippen molar-refractivity contribution in [1.29, 1.82) is 0 Å². The summed E-state index contributed by atoms with van der Waals surface area (Å²) in [5.41, 5.74) is 0.365. The largest absolute Gasteiger partial charge is 0.352 e. The molecule has 5 nitrogen and oxygen atoms in total. The van der Waals surface area contributed by atoms with E-state index in [1.165, 1.54) is 6.42 Å². The molecule has 1 fully saturated rings. The van der Waals surface area contributed by atoms with Crippen LogP contribution in [0.25, 0.3) is 0 Å². The zero-order valence-corrected chi connectivity index (χ0v) is 15.0. The van der Waals surface area contributed by atoms with Gasteiger partial charge in [0.1, 0.15) is 12.2 Å². The van der Waals surface area contributed by atoms with Crippen molar-refractivity contribution in [3.8, 4) is 0 Å². The predicted octanol–water partition coefficient (Wildman–Crippen LogP) is 3.23. The molecule has 1 aliphatic rings. The lowest BCUT2D eigenvalue weighted by Gasteiger charge is -2.26. The second-order valence-corrected chi connectivity index (χ2v) is 7.39. The Bertz CT molecular complexity index is 682. The average Bonchev–Trinajstić information content (AvgIpc) is 3.15. The highest BCUT2D eigenvalue weighted by Gasteiger charge is 2.22. The summed E-state index contributed by atoms with van der Waals surface area (Å²) in [6, 6.07) is 9.41. The highest BCUT2D eigenvalue weighted by Crippen LogP contribution is 2.18. The number of hydrogen-bond acceptors (Lipinski definition) is 4. The monoisotopic (exact) mass is 357 g/mol. The van der Waals surface area contributed by atoms with Crippen LogP contribution in [0.4, 0.5) is 0 Å². The Hall–Kier alpha value is -2.21. The SMILES string of the molecule is O=C(CN(Cc1cccs1)C(=O)c1ccccn1)NC1CCCCC1. The van der Waals surface area contributed by atoms with Crippen LogP contribution in [-0.2, 0) is 11.3 Å². The lowest BCUT2D eigenvalue weighted by Crippen LogP contribution is -2.44. The van der Waals surface area contributed by atoms with E-state index in [0.717, 1.165) is 30.6 Å². The van der Waals surface area contributed by atoms with E-state index < -0.39 is 0 Å². The van der Waals surface area contributed by atoms with Gasteiger partial charge in [-0.25, -0.2) is 0 Å². The fourth-order valence-corrected chi connectivity index (χ4v) is 3.85. The van der Waals surface area contributed by atoms with Gasteiger partial charge in [0.15, 0.2) is 0 Å². The van der Waals surface area contributed by atoms with Crippen molar-refractivity contribution < 1.29 is 9.59 Å². The predicted molar refractivity (Wildman–Crippen MR) is 98.3 cm³/mol. The van der Waals surface area contributed by atoms with Crippen LogP contribution in [0.1, 0.15) is 47.5 Å². The van der Waals surface area contributed by atoms with Crippen molar-refractivity contribution >= 4 is 23.2 Å². The van der Waals surface area contributed by atoms with E-state index in [2.05, 4.69) is 10.3 Å². The minimum Gasteiger partial charge on any atom is -0.352 e. The molecule has 132 valence electrons. The number of aromatic nitrogens is 1. The Kier molecular flexibility index (Phi) is 6.17. The number of carbonyl (C=O) groups is 2. The van der Waals surface area contributed by atoms with Crippen molar-refractivity contribution in [2.75, 3.05) is 6.54 Å².